The van der Waals surface area contributed by atoms with Gasteiger partial charge in [-0.15, -0.1) is 0 Å². The van der Waals surface area contributed by atoms with Crippen LogP contribution in [-0.4, -0.2) is 63.7 Å². The number of rotatable bonds is 11. The van der Waals surface area contributed by atoms with Gasteiger partial charge in [0.2, 0.25) is 0 Å². The summed E-state index contributed by atoms with van der Waals surface area (Å²) in [5.41, 5.74) is 0.456. The number of hydrogen-bond donors (Lipinski definition) is 0. The van der Waals surface area contributed by atoms with Crippen LogP contribution in [0.25, 0.3) is 0 Å². The second-order valence-electron chi connectivity index (χ2n) is 8.51. The molecule has 2 atom stereocenters. The number of carbonyl (C=O) groups is 3. The lowest BCUT2D eigenvalue weighted by atomic mass is 10.1. The van der Waals surface area contributed by atoms with Crippen LogP contribution in [0.5, 0.6) is 23.0 Å². The molecule has 2 heterocycles. The first-order valence-electron chi connectivity index (χ1n) is 11.8. The molecule has 2 unspecified atom stereocenters. The van der Waals surface area contributed by atoms with E-state index in [4.69, 9.17) is 33.2 Å². The van der Waals surface area contributed by atoms with E-state index in [1.54, 1.807) is 48.5 Å². The summed E-state index contributed by atoms with van der Waals surface area (Å²) in [5.74, 6) is -0.875. The molecular weight excluding hydrogens is 496 g/mol. The van der Waals surface area contributed by atoms with Gasteiger partial charge in [-0.3, -0.25) is 0 Å². The molecule has 0 aliphatic carbocycles. The molecule has 2 aliphatic heterocycles. The highest BCUT2D eigenvalue weighted by Crippen LogP contribution is 2.27. The molecule has 0 amide bonds. The summed E-state index contributed by atoms with van der Waals surface area (Å²) in [6, 6.07) is 16.9. The fourth-order valence-electron chi connectivity index (χ4n) is 3.34. The molecule has 3 aromatic carbocycles. The SMILES string of the molecule is COC(=O)c1cc(OC(=O)c2ccc(OCC3CO3)cc2)ccc1OC(=O)c1ccc(OCC2CO2)cc1. The molecule has 2 fully saturated rings. The first kappa shape index (κ1) is 25.2. The van der Waals surface area contributed by atoms with Gasteiger partial charge in [0.05, 0.1) is 31.5 Å². The van der Waals surface area contributed by atoms with Gasteiger partial charge in [0.15, 0.2) is 0 Å². The van der Waals surface area contributed by atoms with Crippen LogP contribution < -0.4 is 18.9 Å². The molecule has 3 aromatic rings. The Bertz CT molecular complexity index is 1310. The quantitative estimate of drug-likeness (QED) is 0.211. The molecule has 196 valence electrons. The molecule has 0 saturated carbocycles. The normalized spacial score (nSPS) is 17.2. The van der Waals surface area contributed by atoms with Gasteiger partial charge >= 0.3 is 17.9 Å². The number of carbonyl (C=O) groups excluding carboxylic acids is 3. The lowest BCUT2D eigenvalue weighted by molar-refractivity contribution is 0.0589. The van der Waals surface area contributed by atoms with Crippen molar-refractivity contribution in [1.29, 1.82) is 0 Å². The minimum atomic E-state index is -0.766. The zero-order chi connectivity index (χ0) is 26.5. The van der Waals surface area contributed by atoms with Crippen LogP contribution in [0, 0.1) is 0 Å². The van der Waals surface area contributed by atoms with Gasteiger partial charge in [0.25, 0.3) is 0 Å². The first-order valence-corrected chi connectivity index (χ1v) is 11.8. The molecule has 0 N–H and O–H groups in total. The van der Waals surface area contributed by atoms with E-state index >= 15 is 0 Å². The van der Waals surface area contributed by atoms with E-state index in [1.807, 2.05) is 0 Å². The van der Waals surface area contributed by atoms with Gasteiger partial charge in [-0.05, 0) is 66.7 Å². The van der Waals surface area contributed by atoms with E-state index < -0.39 is 17.9 Å². The van der Waals surface area contributed by atoms with E-state index in [2.05, 4.69) is 0 Å². The van der Waals surface area contributed by atoms with Gasteiger partial charge in [0, 0.05) is 0 Å². The van der Waals surface area contributed by atoms with Crippen LogP contribution in [0.1, 0.15) is 31.1 Å². The van der Waals surface area contributed by atoms with Crippen LogP contribution in [0.3, 0.4) is 0 Å². The average molecular weight is 520 g/mol. The molecular formula is C28H24O10. The van der Waals surface area contributed by atoms with Gasteiger partial charge < -0.3 is 33.2 Å². The Kier molecular flexibility index (Phi) is 7.52. The minimum absolute atomic E-state index is 0.0472. The smallest absolute Gasteiger partial charge is 0.343 e. The maximum absolute atomic E-state index is 12.7. The summed E-state index contributed by atoms with van der Waals surface area (Å²) in [6.07, 6.45) is 0.241. The number of epoxide rings is 2. The summed E-state index contributed by atoms with van der Waals surface area (Å²) in [7, 11) is 1.19. The third kappa shape index (κ3) is 6.67. The van der Waals surface area contributed by atoms with Crippen LogP contribution in [0.2, 0.25) is 0 Å². The van der Waals surface area contributed by atoms with Crippen LogP contribution in [0.15, 0.2) is 66.7 Å². The fourth-order valence-corrected chi connectivity index (χ4v) is 3.34. The summed E-state index contributed by atoms with van der Waals surface area (Å²) in [4.78, 5) is 37.7. The van der Waals surface area contributed by atoms with Crippen LogP contribution in [0.4, 0.5) is 0 Å². The zero-order valence-corrected chi connectivity index (χ0v) is 20.4. The Balaban J connectivity index is 1.23. The Labute approximate surface area is 217 Å². The number of benzene rings is 3. The van der Waals surface area contributed by atoms with Crippen molar-refractivity contribution in [3.63, 3.8) is 0 Å². The van der Waals surface area contributed by atoms with E-state index in [9.17, 15) is 14.4 Å². The number of hydrogen-bond acceptors (Lipinski definition) is 10. The Morgan fingerprint density at radius 1 is 0.684 bits per heavy atom. The third-order valence-corrected chi connectivity index (χ3v) is 5.63. The highest BCUT2D eigenvalue weighted by atomic mass is 16.6. The van der Waals surface area contributed by atoms with Gasteiger partial charge in [0.1, 0.15) is 54.0 Å². The molecule has 5 rings (SSSR count). The maximum Gasteiger partial charge on any atom is 0.343 e. The van der Waals surface area contributed by atoms with Crippen molar-refractivity contribution in [1.82, 2.24) is 0 Å². The molecule has 38 heavy (non-hydrogen) atoms. The minimum Gasteiger partial charge on any atom is -0.491 e. The maximum atomic E-state index is 12.7. The second kappa shape index (κ2) is 11.3. The van der Waals surface area contributed by atoms with Crippen molar-refractivity contribution in [3.05, 3.63) is 83.4 Å². The van der Waals surface area contributed by atoms with E-state index in [0.29, 0.717) is 37.9 Å². The lowest BCUT2D eigenvalue weighted by Gasteiger charge is -2.12. The Morgan fingerprint density at radius 3 is 1.63 bits per heavy atom. The zero-order valence-electron chi connectivity index (χ0n) is 20.4. The van der Waals surface area contributed by atoms with Crippen molar-refractivity contribution in [2.75, 3.05) is 33.5 Å². The molecule has 0 bridgehead atoms. The highest BCUT2D eigenvalue weighted by molar-refractivity contribution is 5.97. The van der Waals surface area contributed by atoms with Crippen molar-refractivity contribution in [2.24, 2.45) is 0 Å². The number of ether oxygens (including phenoxy) is 7. The molecule has 0 radical (unpaired) electrons. The lowest BCUT2D eigenvalue weighted by Crippen LogP contribution is -2.14. The van der Waals surface area contributed by atoms with Crippen molar-refractivity contribution < 1.29 is 47.5 Å². The van der Waals surface area contributed by atoms with Crippen molar-refractivity contribution in [3.8, 4) is 23.0 Å². The van der Waals surface area contributed by atoms with Gasteiger partial charge in [-0.1, -0.05) is 0 Å². The Morgan fingerprint density at radius 2 is 1.16 bits per heavy atom. The average Bonchev–Trinajstić information content (AvgIpc) is 3.87. The largest absolute Gasteiger partial charge is 0.491 e. The summed E-state index contributed by atoms with van der Waals surface area (Å²) in [5, 5.41) is 0. The first-order chi connectivity index (χ1) is 18.5. The van der Waals surface area contributed by atoms with E-state index in [0.717, 1.165) is 0 Å². The molecule has 0 spiro atoms. The Hall–Kier alpha value is -4.41. The van der Waals surface area contributed by atoms with Crippen LogP contribution in [-0.2, 0) is 14.2 Å². The summed E-state index contributed by atoms with van der Waals surface area (Å²) < 4.78 is 37.0. The third-order valence-electron chi connectivity index (χ3n) is 5.63. The predicted molar refractivity (Wildman–Crippen MR) is 131 cm³/mol. The molecule has 0 aromatic heterocycles. The van der Waals surface area contributed by atoms with Crippen molar-refractivity contribution >= 4 is 17.9 Å². The van der Waals surface area contributed by atoms with E-state index in [1.165, 1.54) is 25.3 Å². The van der Waals surface area contributed by atoms with Gasteiger partial charge in [-0.25, -0.2) is 14.4 Å². The molecule has 2 saturated heterocycles. The predicted octanol–water partition coefficient (Wildman–Crippen LogP) is 3.47. The molecule has 10 heteroatoms. The van der Waals surface area contributed by atoms with Crippen LogP contribution >= 0.6 is 0 Å². The van der Waals surface area contributed by atoms with Crippen molar-refractivity contribution in [2.45, 2.75) is 12.2 Å². The second-order valence-corrected chi connectivity index (χ2v) is 8.51. The monoisotopic (exact) mass is 520 g/mol. The number of esters is 3. The summed E-state index contributed by atoms with van der Waals surface area (Å²) >= 11 is 0. The fraction of sp³-hybridized carbons (Fsp3) is 0.250. The van der Waals surface area contributed by atoms with E-state index in [-0.39, 0.29) is 40.4 Å². The standard InChI is InChI=1S/C28H24O10/c1-32-28(31)24-12-21(37-26(29)17-2-6-19(7-3-17)33-13-22-15-35-22)10-11-25(24)38-27(30)18-4-8-20(9-5-18)34-14-23-16-36-23/h2-12,22-23H,13-16H2,1H3. The topological polar surface area (TPSA) is 122 Å². The molecule has 10 nitrogen and oxygen atoms in total. The molecule has 2 aliphatic rings. The highest BCUT2D eigenvalue weighted by Gasteiger charge is 2.24. The number of methoxy groups -OCH3 is 1. The summed E-state index contributed by atoms with van der Waals surface area (Å²) in [6.45, 7) is 2.27. The van der Waals surface area contributed by atoms with Gasteiger partial charge in [-0.2, -0.15) is 0 Å².